The Bertz CT molecular complexity index is 732. The Labute approximate surface area is 133 Å². The van der Waals surface area contributed by atoms with Gasteiger partial charge >= 0.3 is 11.9 Å². The Morgan fingerprint density at radius 1 is 1.35 bits per heavy atom. The lowest BCUT2D eigenvalue weighted by Crippen LogP contribution is -2.23. The third-order valence-electron chi connectivity index (χ3n) is 3.71. The minimum absolute atomic E-state index is 0.0759. The first-order valence-electron chi connectivity index (χ1n) is 7.59. The van der Waals surface area contributed by atoms with Gasteiger partial charge in [0.2, 0.25) is 11.9 Å². The molecule has 0 amide bonds. The number of rotatable bonds is 5. The van der Waals surface area contributed by atoms with Crippen molar-refractivity contribution in [1.29, 1.82) is 0 Å². The van der Waals surface area contributed by atoms with Gasteiger partial charge in [-0.1, -0.05) is 18.2 Å². The van der Waals surface area contributed by atoms with Crippen molar-refractivity contribution in [3.05, 3.63) is 35.6 Å². The van der Waals surface area contributed by atoms with Gasteiger partial charge in [-0.05, 0) is 19.9 Å². The predicted octanol–water partition coefficient (Wildman–Crippen LogP) is 2.83. The van der Waals surface area contributed by atoms with Gasteiger partial charge in [-0.15, -0.1) is 0 Å². The van der Waals surface area contributed by atoms with Crippen LogP contribution < -0.4 is 0 Å². The van der Waals surface area contributed by atoms with E-state index in [2.05, 4.69) is 0 Å². The van der Waals surface area contributed by atoms with Crippen molar-refractivity contribution in [2.24, 2.45) is 0 Å². The number of ether oxygens (including phenoxy) is 3. The Kier molecular flexibility index (Phi) is 4.34. The Balaban J connectivity index is 1.88. The molecule has 0 N–H and O–H groups in total. The molecule has 1 aliphatic rings. The van der Waals surface area contributed by atoms with Crippen LogP contribution in [0.1, 0.15) is 36.4 Å². The monoisotopic (exact) mass is 318 g/mol. The van der Waals surface area contributed by atoms with Crippen LogP contribution in [0.4, 0.5) is 0 Å². The Morgan fingerprint density at radius 3 is 2.83 bits per heavy atom. The van der Waals surface area contributed by atoms with Gasteiger partial charge in [0, 0.05) is 24.0 Å². The predicted molar refractivity (Wildman–Crippen MR) is 80.9 cm³/mol. The molecule has 23 heavy (non-hydrogen) atoms. The van der Waals surface area contributed by atoms with Crippen molar-refractivity contribution in [3.8, 4) is 0 Å². The van der Waals surface area contributed by atoms with Crippen LogP contribution in [0.3, 0.4) is 0 Å². The summed E-state index contributed by atoms with van der Waals surface area (Å²) in [6.07, 6.45) is -0.782. The van der Waals surface area contributed by atoms with Crippen molar-refractivity contribution in [3.63, 3.8) is 0 Å². The van der Waals surface area contributed by atoms with Crippen LogP contribution >= 0.6 is 0 Å². The zero-order valence-corrected chi connectivity index (χ0v) is 13.0. The fraction of sp³-hybridized carbons (Fsp3) is 0.412. The van der Waals surface area contributed by atoms with E-state index in [0.717, 1.165) is 5.39 Å². The van der Waals surface area contributed by atoms with Crippen LogP contribution in [-0.2, 0) is 25.6 Å². The molecule has 0 saturated carbocycles. The lowest BCUT2D eigenvalue weighted by atomic mass is 10.1. The van der Waals surface area contributed by atoms with E-state index in [1.54, 1.807) is 13.0 Å². The molecule has 0 bridgehead atoms. The summed E-state index contributed by atoms with van der Waals surface area (Å²) in [6.45, 7) is 4.38. The highest BCUT2D eigenvalue weighted by molar-refractivity contribution is 5.97. The summed E-state index contributed by atoms with van der Waals surface area (Å²) in [5.41, 5.74) is 1.21. The van der Waals surface area contributed by atoms with Gasteiger partial charge in [0.15, 0.2) is 0 Å². The first-order chi connectivity index (χ1) is 11.1. The lowest BCUT2D eigenvalue weighted by molar-refractivity contribution is -0.147. The number of cyclic esters (lactones) is 1. The molecule has 1 aliphatic heterocycles. The molecule has 0 aliphatic carbocycles. The van der Waals surface area contributed by atoms with Gasteiger partial charge in [-0.3, -0.25) is 0 Å². The van der Waals surface area contributed by atoms with Crippen molar-refractivity contribution < 1.29 is 28.2 Å². The van der Waals surface area contributed by atoms with Gasteiger partial charge in [0.25, 0.3) is 0 Å². The third kappa shape index (κ3) is 3.07. The maximum Gasteiger partial charge on any atom is 0.375 e. The summed E-state index contributed by atoms with van der Waals surface area (Å²) >= 11 is 0. The average Bonchev–Trinajstić information content (AvgIpc) is 3.05. The SMILES string of the molecule is CCOCc1c(C(=O)O[C@@H]2C[C@H](C)OC2=O)oc2ccccc12. The van der Waals surface area contributed by atoms with E-state index < -0.39 is 18.0 Å². The van der Waals surface area contributed by atoms with Crippen molar-refractivity contribution in [1.82, 2.24) is 0 Å². The van der Waals surface area contributed by atoms with Gasteiger partial charge in [0.05, 0.1) is 6.61 Å². The number of esters is 2. The highest BCUT2D eigenvalue weighted by Gasteiger charge is 2.36. The molecule has 1 aromatic carbocycles. The minimum Gasteiger partial charge on any atom is -0.460 e. The second kappa shape index (κ2) is 6.42. The van der Waals surface area contributed by atoms with Gasteiger partial charge < -0.3 is 18.6 Å². The van der Waals surface area contributed by atoms with Crippen LogP contribution in [-0.4, -0.2) is 30.8 Å². The van der Waals surface area contributed by atoms with Gasteiger partial charge in [0.1, 0.15) is 11.7 Å². The summed E-state index contributed by atoms with van der Waals surface area (Å²) < 4.78 is 21.3. The highest BCUT2D eigenvalue weighted by Crippen LogP contribution is 2.28. The molecule has 3 rings (SSSR count). The smallest absolute Gasteiger partial charge is 0.375 e. The van der Waals surface area contributed by atoms with E-state index in [-0.39, 0.29) is 18.5 Å². The molecular weight excluding hydrogens is 300 g/mol. The number of benzene rings is 1. The molecule has 0 spiro atoms. The maximum atomic E-state index is 12.4. The molecule has 1 fully saturated rings. The summed E-state index contributed by atoms with van der Waals surface area (Å²) in [4.78, 5) is 24.1. The van der Waals surface area contributed by atoms with Crippen LogP contribution in [0, 0.1) is 0 Å². The molecule has 2 atom stereocenters. The van der Waals surface area contributed by atoms with Gasteiger partial charge in [-0.2, -0.15) is 0 Å². The van der Waals surface area contributed by atoms with Crippen molar-refractivity contribution in [2.45, 2.75) is 39.1 Å². The number of para-hydroxylation sites is 1. The van der Waals surface area contributed by atoms with E-state index in [0.29, 0.717) is 24.2 Å². The van der Waals surface area contributed by atoms with E-state index in [4.69, 9.17) is 18.6 Å². The quantitative estimate of drug-likeness (QED) is 0.789. The molecule has 0 radical (unpaired) electrons. The second-order valence-electron chi connectivity index (χ2n) is 5.42. The maximum absolute atomic E-state index is 12.4. The molecule has 0 unspecified atom stereocenters. The highest BCUT2D eigenvalue weighted by atomic mass is 16.6. The zero-order chi connectivity index (χ0) is 16.4. The minimum atomic E-state index is -0.884. The molecular formula is C17H18O6. The van der Waals surface area contributed by atoms with E-state index in [1.807, 2.05) is 25.1 Å². The van der Waals surface area contributed by atoms with Crippen LogP contribution in [0.2, 0.25) is 0 Å². The standard InChI is InChI=1S/C17H18O6/c1-3-20-9-12-11-6-4-5-7-13(11)22-15(12)17(19)23-14-8-10(2)21-16(14)18/h4-7,10,14H,3,8-9H2,1-2H3/t10-,14+/m0/s1. The number of fused-ring (bicyclic) bond motifs is 1. The molecule has 6 heteroatoms. The largest absolute Gasteiger partial charge is 0.460 e. The summed E-state index contributed by atoms with van der Waals surface area (Å²) in [5.74, 6) is -1.12. The van der Waals surface area contributed by atoms with Gasteiger partial charge in [-0.25, -0.2) is 9.59 Å². The Hall–Kier alpha value is -2.34. The summed E-state index contributed by atoms with van der Waals surface area (Å²) in [6, 6.07) is 7.31. The number of furan rings is 1. The van der Waals surface area contributed by atoms with E-state index in [9.17, 15) is 9.59 Å². The lowest BCUT2D eigenvalue weighted by Gasteiger charge is -2.08. The van der Waals surface area contributed by atoms with E-state index in [1.165, 1.54) is 0 Å². The average molecular weight is 318 g/mol. The Morgan fingerprint density at radius 2 is 2.13 bits per heavy atom. The number of carbonyl (C=O) groups excluding carboxylic acids is 2. The molecule has 2 heterocycles. The van der Waals surface area contributed by atoms with Crippen LogP contribution in [0.5, 0.6) is 0 Å². The zero-order valence-electron chi connectivity index (χ0n) is 13.0. The molecule has 1 saturated heterocycles. The fourth-order valence-corrected chi connectivity index (χ4v) is 2.61. The number of hydrogen-bond acceptors (Lipinski definition) is 6. The topological polar surface area (TPSA) is 75.0 Å². The molecule has 1 aromatic heterocycles. The normalized spacial score (nSPS) is 20.7. The number of hydrogen-bond donors (Lipinski definition) is 0. The number of carbonyl (C=O) groups is 2. The van der Waals surface area contributed by atoms with Crippen molar-refractivity contribution >= 4 is 22.9 Å². The van der Waals surface area contributed by atoms with Crippen molar-refractivity contribution in [2.75, 3.05) is 6.61 Å². The van der Waals surface area contributed by atoms with Crippen LogP contribution in [0.25, 0.3) is 11.0 Å². The first-order valence-corrected chi connectivity index (χ1v) is 7.59. The summed E-state index contributed by atoms with van der Waals surface area (Å²) in [7, 11) is 0. The first kappa shape index (κ1) is 15.6. The third-order valence-corrected chi connectivity index (χ3v) is 3.71. The molecule has 122 valence electrons. The van der Waals surface area contributed by atoms with Crippen LogP contribution in [0.15, 0.2) is 28.7 Å². The molecule has 2 aromatic rings. The van der Waals surface area contributed by atoms with E-state index >= 15 is 0 Å². The molecule has 6 nitrogen and oxygen atoms in total. The summed E-state index contributed by atoms with van der Waals surface area (Å²) in [5, 5.41) is 0.801. The second-order valence-corrected chi connectivity index (χ2v) is 5.42. The fourth-order valence-electron chi connectivity index (χ4n) is 2.61.